The van der Waals surface area contributed by atoms with Crippen LogP contribution in [0, 0.1) is 5.82 Å². The Morgan fingerprint density at radius 2 is 2.00 bits per heavy atom. The number of hydrogen-bond acceptors (Lipinski definition) is 4. The third-order valence-electron chi connectivity index (χ3n) is 6.49. The second kappa shape index (κ2) is 9.07. The summed E-state index contributed by atoms with van der Waals surface area (Å²) < 4.78 is 28.6. The van der Waals surface area contributed by atoms with Gasteiger partial charge in [-0.05, 0) is 64.2 Å². The molecule has 4 aromatic rings. The Morgan fingerprint density at radius 1 is 1.21 bits per heavy atom. The lowest BCUT2D eigenvalue weighted by molar-refractivity contribution is 0.0666. The molecule has 1 amide bonds. The maximum atomic E-state index is 14.8. The molecule has 8 heteroatoms. The minimum Gasteiger partial charge on any atom is -0.493 e. The van der Waals surface area contributed by atoms with Crippen LogP contribution in [0.15, 0.2) is 52.4 Å². The summed E-state index contributed by atoms with van der Waals surface area (Å²) in [6, 6.07) is 10.6. The predicted octanol–water partition coefficient (Wildman–Crippen LogP) is 6.14. The molecule has 0 radical (unpaired) electrons. The molecule has 0 saturated heterocycles. The number of methoxy groups -OCH3 is 2. The number of carbonyl (C=O) groups is 1. The van der Waals surface area contributed by atoms with E-state index in [-0.39, 0.29) is 17.8 Å². The van der Waals surface area contributed by atoms with E-state index in [4.69, 9.17) is 9.47 Å². The second-order valence-corrected chi connectivity index (χ2v) is 10.1. The number of rotatable bonds is 5. The van der Waals surface area contributed by atoms with Crippen molar-refractivity contribution in [3.63, 3.8) is 0 Å². The van der Waals surface area contributed by atoms with Crippen LogP contribution in [0.4, 0.5) is 4.39 Å². The number of amides is 1. The van der Waals surface area contributed by atoms with E-state index < -0.39 is 0 Å². The maximum absolute atomic E-state index is 14.8. The molecule has 1 aliphatic heterocycles. The van der Waals surface area contributed by atoms with Gasteiger partial charge in [0, 0.05) is 39.9 Å². The molecule has 0 saturated carbocycles. The summed E-state index contributed by atoms with van der Waals surface area (Å²) in [5.41, 5.74) is 3.37. The Morgan fingerprint density at radius 3 is 2.76 bits per heavy atom. The second-order valence-electron chi connectivity index (χ2n) is 8.37. The highest BCUT2D eigenvalue weighted by Gasteiger charge is 2.35. The van der Waals surface area contributed by atoms with Crippen molar-refractivity contribution in [3.05, 3.63) is 79.8 Å². The number of aryl methyl sites for hydroxylation is 1. The lowest BCUT2D eigenvalue weighted by Gasteiger charge is -2.36. The van der Waals surface area contributed by atoms with Gasteiger partial charge in [0.05, 0.1) is 31.3 Å². The molecule has 0 aliphatic carbocycles. The minimum absolute atomic E-state index is 0.156. The van der Waals surface area contributed by atoms with Gasteiger partial charge in [0.15, 0.2) is 11.5 Å². The van der Waals surface area contributed by atoms with Gasteiger partial charge in [0.1, 0.15) is 5.82 Å². The number of aromatic nitrogens is 1. The normalized spacial score (nSPS) is 15.4. The number of ether oxygens (including phenoxy) is 2. The Bertz CT molecular complexity index is 1400. The van der Waals surface area contributed by atoms with E-state index in [9.17, 15) is 9.18 Å². The molecular formula is C26H24BrFN2O3S. The molecule has 0 spiro atoms. The molecule has 1 atom stereocenters. The van der Waals surface area contributed by atoms with E-state index in [0.29, 0.717) is 40.9 Å². The van der Waals surface area contributed by atoms with Crippen molar-refractivity contribution >= 4 is 44.1 Å². The number of hydrogen-bond donors (Lipinski definition) is 0. The van der Waals surface area contributed by atoms with E-state index >= 15 is 0 Å². The van der Waals surface area contributed by atoms with E-state index in [1.54, 1.807) is 37.8 Å². The molecule has 5 rings (SSSR count). The van der Waals surface area contributed by atoms with Crippen molar-refractivity contribution in [2.75, 3.05) is 20.8 Å². The van der Waals surface area contributed by atoms with E-state index in [0.717, 1.165) is 21.3 Å². The average molecular weight is 543 g/mol. The Kier molecular flexibility index (Phi) is 6.12. The molecule has 0 fully saturated rings. The van der Waals surface area contributed by atoms with Crippen LogP contribution in [0.3, 0.4) is 0 Å². The number of nitrogens with zero attached hydrogens (tertiary/aromatic N) is 2. The first-order valence-electron chi connectivity index (χ1n) is 10.9. The molecule has 0 bridgehead atoms. The summed E-state index contributed by atoms with van der Waals surface area (Å²) in [6.07, 6.45) is 3.10. The fourth-order valence-electron chi connectivity index (χ4n) is 4.82. The summed E-state index contributed by atoms with van der Waals surface area (Å²) in [5, 5.41) is 2.45. The molecule has 176 valence electrons. The van der Waals surface area contributed by atoms with Crippen LogP contribution in [0.2, 0.25) is 0 Å². The van der Waals surface area contributed by atoms with Crippen LogP contribution in [-0.4, -0.2) is 36.1 Å². The van der Waals surface area contributed by atoms with E-state index in [2.05, 4.69) is 21.3 Å². The van der Waals surface area contributed by atoms with E-state index in [1.807, 2.05) is 40.8 Å². The van der Waals surface area contributed by atoms with Crippen LogP contribution in [0.5, 0.6) is 11.5 Å². The number of carbonyl (C=O) groups excluding carboxylic acids is 1. The summed E-state index contributed by atoms with van der Waals surface area (Å²) in [7, 11) is 5.06. The molecule has 5 nitrogen and oxygen atoms in total. The van der Waals surface area contributed by atoms with Gasteiger partial charge in [-0.15, -0.1) is 11.3 Å². The molecular weight excluding hydrogens is 519 g/mol. The van der Waals surface area contributed by atoms with Crippen molar-refractivity contribution in [1.29, 1.82) is 0 Å². The summed E-state index contributed by atoms with van der Waals surface area (Å²) in [4.78, 5) is 17.0. The molecule has 2 aromatic heterocycles. The fourth-order valence-corrected chi connectivity index (χ4v) is 6.74. The highest BCUT2D eigenvalue weighted by atomic mass is 79.9. The average Bonchev–Trinajstić information content (AvgIpc) is 3.39. The SMILES string of the molecule is COc1ccc(CC2c3scc(Br)c3CCN2C(=O)c2cn(C)c3cccc(F)c23)cc1OC. The molecule has 1 aliphatic rings. The zero-order valence-corrected chi connectivity index (χ0v) is 21.5. The predicted molar refractivity (Wildman–Crippen MR) is 136 cm³/mol. The lowest BCUT2D eigenvalue weighted by Crippen LogP contribution is -2.40. The minimum atomic E-state index is -0.380. The molecule has 3 heterocycles. The number of fused-ring (bicyclic) bond motifs is 2. The monoisotopic (exact) mass is 542 g/mol. The van der Waals surface area contributed by atoms with Gasteiger partial charge in [-0.25, -0.2) is 4.39 Å². The van der Waals surface area contributed by atoms with Crippen molar-refractivity contribution in [3.8, 4) is 11.5 Å². The fraction of sp³-hybridized carbons (Fsp3) is 0.269. The number of benzene rings is 2. The van der Waals surface area contributed by atoms with Crippen molar-refractivity contribution in [1.82, 2.24) is 9.47 Å². The quantitative estimate of drug-likeness (QED) is 0.304. The first-order valence-corrected chi connectivity index (χ1v) is 12.6. The lowest BCUT2D eigenvalue weighted by atomic mass is 9.94. The highest BCUT2D eigenvalue weighted by molar-refractivity contribution is 9.10. The zero-order chi connectivity index (χ0) is 24.0. The summed E-state index contributed by atoms with van der Waals surface area (Å²) >= 11 is 5.32. The van der Waals surface area contributed by atoms with Gasteiger partial charge >= 0.3 is 0 Å². The Hall–Kier alpha value is -2.84. The van der Waals surface area contributed by atoms with Crippen LogP contribution in [-0.2, 0) is 19.9 Å². The van der Waals surface area contributed by atoms with Gasteiger partial charge in [0.25, 0.3) is 5.91 Å². The molecule has 0 N–H and O–H groups in total. The molecule has 1 unspecified atom stereocenters. The molecule has 2 aromatic carbocycles. The first kappa shape index (κ1) is 22.9. The van der Waals surface area contributed by atoms with Gasteiger partial charge in [-0.2, -0.15) is 0 Å². The van der Waals surface area contributed by atoms with Crippen LogP contribution < -0.4 is 9.47 Å². The van der Waals surface area contributed by atoms with Crippen LogP contribution in [0.25, 0.3) is 10.9 Å². The highest BCUT2D eigenvalue weighted by Crippen LogP contribution is 2.42. The van der Waals surface area contributed by atoms with Gasteiger partial charge < -0.3 is 18.9 Å². The number of halogens is 2. The van der Waals surface area contributed by atoms with Gasteiger partial charge in [-0.1, -0.05) is 12.1 Å². The van der Waals surface area contributed by atoms with E-state index in [1.165, 1.54) is 11.6 Å². The number of thiophene rings is 1. The standard InChI is InChI=1S/C26H24BrFN2O3S/c1-29-13-17(24-19(28)5-4-6-20(24)29)26(31)30-10-9-16-18(27)14-34-25(16)21(30)11-15-7-8-22(32-2)23(12-15)33-3/h4-8,12-14,21H,9-11H2,1-3H3. The Labute approximate surface area is 209 Å². The van der Waals surface area contributed by atoms with Gasteiger partial charge in [0.2, 0.25) is 0 Å². The zero-order valence-electron chi connectivity index (χ0n) is 19.1. The largest absolute Gasteiger partial charge is 0.493 e. The van der Waals surface area contributed by atoms with Crippen molar-refractivity contribution < 1.29 is 18.7 Å². The van der Waals surface area contributed by atoms with Gasteiger partial charge in [-0.3, -0.25) is 4.79 Å². The van der Waals surface area contributed by atoms with Crippen LogP contribution >= 0.6 is 27.3 Å². The van der Waals surface area contributed by atoms with Crippen molar-refractivity contribution in [2.24, 2.45) is 7.05 Å². The van der Waals surface area contributed by atoms with Crippen LogP contribution in [0.1, 0.15) is 32.4 Å². The molecule has 34 heavy (non-hydrogen) atoms. The summed E-state index contributed by atoms with van der Waals surface area (Å²) in [6.45, 7) is 0.559. The van der Waals surface area contributed by atoms with Crippen molar-refractivity contribution in [2.45, 2.75) is 18.9 Å². The topological polar surface area (TPSA) is 43.7 Å². The Balaban J connectivity index is 1.57. The maximum Gasteiger partial charge on any atom is 0.256 e. The first-order chi connectivity index (χ1) is 16.4. The summed E-state index contributed by atoms with van der Waals surface area (Å²) in [5.74, 6) is 0.775. The third-order valence-corrected chi connectivity index (χ3v) is 8.63. The third kappa shape index (κ3) is 3.79. The smallest absolute Gasteiger partial charge is 0.256 e.